The zero-order valence-corrected chi connectivity index (χ0v) is 13.6. The largest absolute Gasteiger partial charge is 0.508 e. The van der Waals surface area contributed by atoms with E-state index >= 15 is 0 Å². The summed E-state index contributed by atoms with van der Waals surface area (Å²) in [6.45, 7) is 5.07. The van der Waals surface area contributed by atoms with E-state index in [-0.39, 0.29) is 17.3 Å². The van der Waals surface area contributed by atoms with Crippen molar-refractivity contribution in [2.24, 2.45) is 10.7 Å². The van der Waals surface area contributed by atoms with E-state index in [1.807, 2.05) is 0 Å². The Hall–Kier alpha value is -3.29. The minimum absolute atomic E-state index is 0.0785. The third-order valence-electron chi connectivity index (χ3n) is 4.06. The Morgan fingerprint density at radius 2 is 2.08 bits per heavy atom. The fraction of sp³-hybridized carbons (Fsp3) is 0.235. The van der Waals surface area contributed by atoms with Crippen molar-refractivity contribution in [2.75, 3.05) is 13.1 Å². The summed E-state index contributed by atoms with van der Waals surface area (Å²) in [6.07, 6.45) is 3.00. The number of carbonyl (C=O) groups excluding carboxylic acids is 2. The summed E-state index contributed by atoms with van der Waals surface area (Å²) in [5.74, 6) is 0.225. The molecule has 0 aromatic heterocycles. The van der Waals surface area contributed by atoms with Gasteiger partial charge in [0.2, 0.25) is 0 Å². The molecule has 3 rings (SSSR count). The molecule has 0 atom stereocenters. The van der Waals surface area contributed by atoms with Crippen LogP contribution in [-0.4, -0.2) is 45.9 Å². The van der Waals surface area contributed by atoms with Gasteiger partial charge in [-0.05, 0) is 25.0 Å². The molecule has 8 heteroatoms. The van der Waals surface area contributed by atoms with Gasteiger partial charge in [0.25, 0.3) is 0 Å². The molecular formula is C17H19N5O3. The summed E-state index contributed by atoms with van der Waals surface area (Å²) < 4.78 is 0. The number of amides is 4. The number of aromatic hydroxyl groups is 1. The van der Waals surface area contributed by atoms with Gasteiger partial charge in [-0.2, -0.15) is 0 Å². The average Bonchev–Trinajstić information content (AvgIpc) is 3.22. The van der Waals surface area contributed by atoms with Gasteiger partial charge in [0.05, 0.1) is 5.70 Å². The molecule has 130 valence electrons. The molecule has 0 aliphatic carbocycles. The molecule has 0 unspecified atom stereocenters. The molecule has 4 N–H and O–H groups in total. The van der Waals surface area contributed by atoms with Crippen molar-refractivity contribution in [3.8, 4) is 5.75 Å². The topological polar surface area (TPSA) is 111 Å². The Morgan fingerprint density at radius 1 is 1.36 bits per heavy atom. The summed E-state index contributed by atoms with van der Waals surface area (Å²) in [7, 11) is 0. The zero-order valence-electron chi connectivity index (χ0n) is 13.6. The van der Waals surface area contributed by atoms with Crippen LogP contribution in [0.5, 0.6) is 5.75 Å². The molecule has 2 heterocycles. The Balaban J connectivity index is 1.86. The Labute approximate surface area is 144 Å². The molecule has 0 bridgehead atoms. The number of likely N-dealkylation sites (tertiary alicyclic amines) is 1. The fourth-order valence-electron chi connectivity index (χ4n) is 2.80. The Kier molecular flexibility index (Phi) is 4.42. The summed E-state index contributed by atoms with van der Waals surface area (Å²) >= 11 is 0. The van der Waals surface area contributed by atoms with Gasteiger partial charge >= 0.3 is 12.1 Å². The van der Waals surface area contributed by atoms with E-state index in [0.29, 0.717) is 24.4 Å². The SMILES string of the molecule is C=C(/N=C1/NC(=O)N(C(=O)N2CCCC2)/C1=C/N)c1cccc(O)c1. The number of benzene rings is 1. The number of hydrogen-bond donors (Lipinski definition) is 3. The summed E-state index contributed by atoms with van der Waals surface area (Å²) in [4.78, 5) is 31.7. The van der Waals surface area contributed by atoms with Gasteiger partial charge in [-0.3, -0.25) is 5.32 Å². The maximum atomic E-state index is 12.6. The fourth-order valence-corrected chi connectivity index (χ4v) is 2.80. The van der Waals surface area contributed by atoms with Crippen LogP contribution in [0.1, 0.15) is 18.4 Å². The van der Waals surface area contributed by atoms with Crippen LogP contribution in [0.15, 0.2) is 47.7 Å². The Morgan fingerprint density at radius 3 is 2.72 bits per heavy atom. The monoisotopic (exact) mass is 341 g/mol. The van der Waals surface area contributed by atoms with Gasteiger partial charge in [-0.15, -0.1) is 0 Å². The van der Waals surface area contributed by atoms with Crippen LogP contribution in [0, 0.1) is 0 Å². The number of aliphatic imine (C=N–C) groups is 1. The van der Waals surface area contributed by atoms with Crippen LogP contribution >= 0.6 is 0 Å². The molecule has 0 saturated carbocycles. The van der Waals surface area contributed by atoms with Gasteiger partial charge in [0.15, 0.2) is 5.84 Å². The predicted octanol–water partition coefficient (Wildman–Crippen LogP) is 1.80. The number of imide groups is 1. The molecule has 2 fully saturated rings. The first-order valence-electron chi connectivity index (χ1n) is 7.90. The number of rotatable bonds is 2. The lowest BCUT2D eigenvalue weighted by Crippen LogP contribution is -2.42. The molecule has 4 amide bonds. The quantitative estimate of drug-likeness (QED) is 0.761. The molecule has 25 heavy (non-hydrogen) atoms. The number of phenols is 1. The molecular weight excluding hydrogens is 322 g/mol. The van der Waals surface area contributed by atoms with E-state index in [1.165, 1.54) is 18.3 Å². The highest BCUT2D eigenvalue weighted by Crippen LogP contribution is 2.23. The van der Waals surface area contributed by atoms with E-state index < -0.39 is 12.1 Å². The number of urea groups is 2. The number of nitrogens with one attached hydrogen (secondary N) is 1. The van der Waals surface area contributed by atoms with Crippen molar-refractivity contribution in [1.29, 1.82) is 0 Å². The Bertz CT molecular complexity index is 793. The normalized spacial score (nSPS) is 20.4. The first-order chi connectivity index (χ1) is 12.0. The second-order valence-corrected chi connectivity index (χ2v) is 5.75. The van der Waals surface area contributed by atoms with E-state index in [4.69, 9.17) is 5.73 Å². The van der Waals surface area contributed by atoms with Crippen LogP contribution in [0.25, 0.3) is 5.70 Å². The lowest BCUT2D eigenvalue weighted by molar-refractivity contribution is 0.178. The van der Waals surface area contributed by atoms with Gasteiger partial charge in [0.1, 0.15) is 11.4 Å². The van der Waals surface area contributed by atoms with Crippen molar-refractivity contribution in [3.05, 3.63) is 48.3 Å². The highest BCUT2D eigenvalue weighted by Gasteiger charge is 2.39. The second kappa shape index (κ2) is 6.68. The van der Waals surface area contributed by atoms with E-state index in [1.54, 1.807) is 17.0 Å². The minimum Gasteiger partial charge on any atom is -0.508 e. The maximum Gasteiger partial charge on any atom is 0.336 e. The van der Waals surface area contributed by atoms with E-state index in [2.05, 4.69) is 16.9 Å². The van der Waals surface area contributed by atoms with Gasteiger partial charge in [-0.25, -0.2) is 19.5 Å². The molecule has 2 aliphatic heterocycles. The number of hydrogen-bond acceptors (Lipinski definition) is 5. The zero-order chi connectivity index (χ0) is 18.0. The van der Waals surface area contributed by atoms with Crippen LogP contribution in [0.4, 0.5) is 9.59 Å². The van der Waals surface area contributed by atoms with Crippen molar-refractivity contribution >= 4 is 23.6 Å². The standard InChI is InChI=1S/C17H19N5O3/c1-11(12-5-4-6-13(23)9-12)19-15-14(10-18)22(16(24)20-15)17(25)21-7-2-3-8-21/h4-6,9-10,23H,1-3,7-8,18H2,(H,19,20,24)/b14-10+. The molecule has 2 saturated heterocycles. The van der Waals surface area contributed by atoms with Crippen molar-refractivity contribution < 1.29 is 14.7 Å². The third-order valence-corrected chi connectivity index (χ3v) is 4.06. The first-order valence-corrected chi connectivity index (χ1v) is 7.90. The molecule has 8 nitrogen and oxygen atoms in total. The van der Waals surface area contributed by atoms with Gasteiger partial charge in [0, 0.05) is 24.9 Å². The predicted molar refractivity (Wildman–Crippen MR) is 93.4 cm³/mol. The van der Waals surface area contributed by atoms with Crippen LogP contribution in [0.3, 0.4) is 0 Å². The van der Waals surface area contributed by atoms with Gasteiger partial charge < -0.3 is 15.7 Å². The minimum atomic E-state index is -0.601. The number of amidine groups is 1. The summed E-state index contributed by atoms with van der Waals surface area (Å²) in [5.41, 5.74) is 6.72. The lowest BCUT2D eigenvalue weighted by Gasteiger charge is -2.21. The molecule has 2 aliphatic rings. The molecule has 0 radical (unpaired) electrons. The van der Waals surface area contributed by atoms with E-state index in [0.717, 1.165) is 17.7 Å². The van der Waals surface area contributed by atoms with Crippen molar-refractivity contribution in [3.63, 3.8) is 0 Å². The second-order valence-electron chi connectivity index (χ2n) is 5.75. The third kappa shape index (κ3) is 3.18. The van der Waals surface area contributed by atoms with Crippen LogP contribution in [0.2, 0.25) is 0 Å². The number of nitrogens with two attached hydrogens (primary N) is 1. The number of nitrogens with zero attached hydrogens (tertiary/aromatic N) is 3. The first kappa shape index (κ1) is 16.6. The molecule has 0 spiro atoms. The van der Waals surface area contributed by atoms with Crippen LogP contribution < -0.4 is 11.1 Å². The average molecular weight is 341 g/mol. The molecule has 1 aromatic carbocycles. The summed E-state index contributed by atoms with van der Waals surface area (Å²) in [6, 6.07) is 5.40. The highest BCUT2D eigenvalue weighted by atomic mass is 16.3. The highest BCUT2D eigenvalue weighted by molar-refractivity contribution is 6.21. The van der Waals surface area contributed by atoms with E-state index in [9.17, 15) is 14.7 Å². The van der Waals surface area contributed by atoms with Gasteiger partial charge in [-0.1, -0.05) is 18.7 Å². The van der Waals surface area contributed by atoms with Crippen LogP contribution in [-0.2, 0) is 0 Å². The maximum absolute atomic E-state index is 12.6. The smallest absolute Gasteiger partial charge is 0.336 e. The lowest BCUT2D eigenvalue weighted by atomic mass is 10.1. The molecule has 1 aromatic rings. The number of phenolic OH excluding ortho intramolecular Hbond substituents is 1. The van der Waals surface area contributed by atoms with Crippen molar-refractivity contribution in [1.82, 2.24) is 15.1 Å². The summed E-state index contributed by atoms with van der Waals surface area (Å²) in [5, 5.41) is 12.1. The van der Waals surface area contributed by atoms with Crippen molar-refractivity contribution in [2.45, 2.75) is 12.8 Å². The number of carbonyl (C=O) groups is 2.